The predicted molar refractivity (Wildman–Crippen MR) is 105 cm³/mol. The molecule has 0 saturated carbocycles. The minimum atomic E-state index is -0.564. The van der Waals surface area contributed by atoms with E-state index in [1.54, 1.807) is 18.4 Å². The van der Waals surface area contributed by atoms with Crippen molar-refractivity contribution in [2.45, 2.75) is 26.8 Å². The van der Waals surface area contributed by atoms with Gasteiger partial charge in [0, 0.05) is 24.5 Å². The fourth-order valence-electron chi connectivity index (χ4n) is 2.03. The number of hydrogen-bond acceptors (Lipinski definition) is 3. The van der Waals surface area contributed by atoms with Gasteiger partial charge in [-0.05, 0) is 31.9 Å². The van der Waals surface area contributed by atoms with Crippen molar-refractivity contribution >= 4 is 41.3 Å². The lowest BCUT2D eigenvalue weighted by atomic mass is 10.1. The monoisotopic (exact) mass is 466 g/mol. The lowest BCUT2D eigenvalue weighted by Gasteiger charge is -2.11. The van der Waals surface area contributed by atoms with Gasteiger partial charge in [0.05, 0.1) is 12.2 Å². The average molecular weight is 466 g/mol. The van der Waals surface area contributed by atoms with Gasteiger partial charge in [0.1, 0.15) is 16.6 Å². The summed E-state index contributed by atoms with van der Waals surface area (Å²) in [7, 11) is 1.67. The molecular weight excluding hydrogens is 445 g/mol. The van der Waals surface area contributed by atoms with Crippen LogP contribution in [0.5, 0.6) is 0 Å². The third-order valence-corrected chi connectivity index (χ3v) is 4.48. The van der Waals surface area contributed by atoms with Crippen LogP contribution in [0.3, 0.4) is 0 Å². The second-order valence-corrected chi connectivity index (χ2v) is 6.38. The van der Waals surface area contributed by atoms with E-state index in [2.05, 4.69) is 20.6 Å². The molecule has 0 aliphatic rings. The van der Waals surface area contributed by atoms with E-state index in [0.717, 1.165) is 16.8 Å². The number of thiazole rings is 1. The summed E-state index contributed by atoms with van der Waals surface area (Å²) in [6, 6.07) is 3.62. The van der Waals surface area contributed by atoms with Crippen LogP contribution in [0.25, 0.3) is 0 Å². The molecule has 0 bridgehead atoms. The highest BCUT2D eigenvalue weighted by molar-refractivity contribution is 14.0. The molecule has 24 heavy (non-hydrogen) atoms. The number of aliphatic imine (C=N–C) groups is 1. The molecule has 0 spiro atoms. The zero-order valence-corrected chi connectivity index (χ0v) is 17.0. The number of benzene rings is 1. The van der Waals surface area contributed by atoms with E-state index < -0.39 is 11.6 Å². The largest absolute Gasteiger partial charge is 0.356 e. The van der Waals surface area contributed by atoms with E-state index >= 15 is 0 Å². The lowest BCUT2D eigenvalue weighted by Crippen LogP contribution is -2.37. The molecule has 0 radical (unpaired) electrons. The number of nitrogens with zero attached hydrogens (tertiary/aromatic N) is 2. The van der Waals surface area contributed by atoms with Crippen molar-refractivity contribution in [2.24, 2.45) is 4.99 Å². The summed E-state index contributed by atoms with van der Waals surface area (Å²) in [5.74, 6) is -0.466. The van der Waals surface area contributed by atoms with Crippen LogP contribution in [-0.4, -0.2) is 24.5 Å². The molecule has 4 nitrogen and oxygen atoms in total. The van der Waals surface area contributed by atoms with Crippen LogP contribution in [0.2, 0.25) is 0 Å². The van der Waals surface area contributed by atoms with Gasteiger partial charge in [0.2, 0.25) is 0 Å². The normalized spacial score (nSPS) is 11.1. The van der Waals surface area contributed by atoms with Gasteiger partial charge < -0.3 is 10.6 Å². The van der Waals surface area contributed by atoms with Crippen LogP contribution in [0.15, 0.2) is 23.2 Å². The second kappa shape index (κ2) is 9.87. The Morgan fingerprint density at radius 3 is 2.58 bits per heavy atom. The maximum atomic E-state index is 13.5. The smallest absolute Gasteiger partial charge is 0.191 e. The third kappa shape index (κ3) is 5.97. The van der Waals surface area contributed by atoms with Crippen molar-refractivity contribution < 1.29 is 8.78 Å². The molecule has 1 aromatic carbocycles. The van der Waals surface area contributed by atoms with E-state index in [1.807, 2.05) is 13.8 Å². The molecule has 2 rings (SSSR count). The standard InChI is InChI=1S/C16H20F2N4S.HI/c1-10-11(2)23-15(22-10)9-21-16(19-3)20-7-6-12-4-5-13(17)8-14(12)18;/h4-5,8H,6-7,9H2,1-3H3,(H2,19,20,21);1H. The van der Waals surface area contributed by atoms with Gasteiger partial charge in [0.25, 0.3) is 0 Å². The van der Waals surface area contributed by atoms with Crippen molar-refractivity contribution in [1.82, 2.24) is 15.6 Å². The molecule has 0 atom stereocenters. The summed E-state index contributed by atoms with van der Waals surface area (Å²) in [6.07, 6.45) is 0.447. The van der Waals surface area contributed by atoms with Gasteiger partial charge in [-0.2, -0.15) is 0 Å². The summed E-state index contributed by atoms with van der Waals surface area (Å²) >= 11 is 1.65. The molecule has 2 aromatic rings. The molecule has 0 saturated heterocycles. The quantitative estimate of drug-likeness (QED) is 0.403. The summed E-state index contributed by atoms with van der Waals surface area (Å²) in [6.45, 7) is 5.11. The van der Waals surface area contributed by atoms with E-state index in [4.69, 9.17) is 0 Å². The van der Waals surface area contributed by atoms with E-state index in [1.165, 1.54) is 17.0 Å². The van der Waals surface area contributed by atoms with Crippen molar-refractivity contribution in [1.29, 1.82) is 0 Å². The second-order valence-electron chi connectivity index (χ2n) is 5.09. The first-order valence-electron chi connectivity index (χ1n) is 7.31. The highest BCUT2D eigenvalue weighted by Gasteiger charge is 2.06. The van der Waals surface area contributed by atoms with Crippen LogP contribution in [-0.2, 0) is 13.0 Å². The highest BCUT2D eigenvalue weighted by atomic mass is 127. The predicted octanol–water partition coefficient (Wildman–Crippen LogP) is 3.56. The van der Waals surface area contributed by atoms with Gasteiger partial charge >= 0.3 is 0 Å². The van der Waals surface area contributed by atoms with Crippen molar-refractivity contribution in [3.63, 3.8) is 0 Å². The molecule has 0 unspecified atom stereocenters. The Morgan fingerprint density at radius 1 is 1.25 bits per heavy atom. The van der Waals surface area contributed by atoms with Crippen LogP contribution >= 0.6 is 35.3 Å². The number of aromatic nitrogens is 1. The zero-order valence-electron chi connectivity index (χ0n) is 13.8. The minimum absolute atomic E-state index is 0. The average Bonchev–Trinajstić information content (AvgIpc) is 2.83. The molecule has 132 valence electrons. The topological polar surface area (TPSA) is 49.3 Å². The molecule has 2 N–H and O–H groups in total. The Hall–Kier alpha value is -1.29. The van der Waals surface area contributed by atoms with Gasteiger partial charge in [-0.1, -0.05) is 6.07 Å². The van der Waals surface area contributed by atoms with Gasteiger partial charge in [-0.15, -0.1) is 35.3 Å². The van der Waals surface area contributed by atoms with E-state index in [-0.39, 0.29) is 24.0 Å². The molecular formula is C16H21F2IN4S. The summed E-state index contributed by atoms with van der Waals surface area (Å²) in [5.41, 5.74) is 1.52. The minimum Gasteiger partial charge on any atom is -0.356 e. The number of guanidine groups is 1. The maximum absolute atomic E-state index is 13.5. The number of rotatable bonds is 5. The molecule has 0 fully saturated rings. The van der Waals surface area contributed by atoms with E-state index in [0.29, 0.717) is 31.0 Å². The number of aryl methyl sites for hydroxylation is 2. The van der Waals surface area contributed by atoms with Crippen LogP contribution in [0.4, 0.5) is 8.78 Å². The molecule has 0 aliphatic carbocycles. The molecule has 0 aliphatic heterocycles. The zero-order chi connectivity index (χ0) is 16.8. The van der Waals surface area contributed by atoms with Crippen molar-refractivity contribution in [2.75, 3.05) is 13.6 Å². The summed E-state index contributed by atoms with van der Waals surface area (Å²) in [4.78, 5) is 9.78. The highest BCUT2D eigenvalue weighted by Crippen LogP contribution is 2.15. The molecule has 1 heterocycles. The number of nitrogens with one attached hydrogen (secondary N) is 2. The first-order chi connectivity index (χ1) is 11.0. The van der Waals surface area contributed by atoms with Crippen molar-refractivity contribution in [3.8, 4) is 0 Å². The third-order valence-electron chi connectivity index (χ3n) is 3.41. The van der Waals surface area contributed by atoms with Gasteiger partial charge in [-0.25, -0.2) is 13.8 Å². The molecule has 1 aromatic heterocycles. The Bertz CT molecular complexity index is 684. The Balaban J connectivity index is 0.00000288. The SMILES string of the molecule is CN=C(NCCc1ccc(F)cc1F)NCc1nc(C)c(C)s1.I. The fourth-order valence-corrected chi connectivity index (χ4v) is 2.91. The van der Waals surface area contributed by atoms with Gasteiger partial charge in [0.15, 0.2) is 5.96 Å². The van der Waals surface area contributed by atoms with Crippen LogP contribution in [0.1, 0.15) is 21.1 Å². The van der Waals surface area contributed by atoms with E-state index in [9.17, 15) is 8.78 Å². The first-order valence-corrected chi connectivity index (χ1v) is 8.12. The van der Waals surface area contributed by atoms with Crippen LogP contribution in [0, 0.1) is 25.5 Å². The van der Waals surface area contributed by atoms with Crippen molar-refractivity contribution in [3.05, 3.63) is 51.0 Å². The first kappa shape index (κ1) is 20.8. The van der Waals surface area contributed by atoms with Gasteiger partial charge in [-0.3, -0.25) is 4.99 Å². The lowest BCUT2D eigenvalue weighted by molar-refractivity contribution is 0.570. The Kier molecular flexibility index (Phi) is 8.54. The summed E-state index contributed by atoms with van der Waals surface area (Å²) in [5, 5.41) is 7.27. The number of hydrogen-bond donors (Lipinski definition) is 2. The van der Waals surface area contributed by atoms with Crippen LogP contribution < -0.4 is 10.6 Å². The maximum Gasteiger partial charge on any atom is 0.191 e. The fraction of sp³-hybridized carbons (Fsp3) is 0.375. The molecule has 0 amide bonds. The Morgan fingerprint density at radius 2 is 2.00 bits per heavy atom. The Labute approximate surface area is 161 Å². The summed E-state index contributed by atoms with van der Waals surface area (Å²) < 4.78 is 26.4. The molecule has 8 heteroatoms. The number of halogens is 3.